The van der Waals surface area contributed by atoms with Crippen molar-refractivity contribution in [3.8, 4) is 45.5 Å². The van der Waals surface area contributed by atoms with Gasteiger partial charge < -0.3 is 13.6 Å². The van der Waals surface area contributed by atoms with Crippen LogP contribution in [0.4, 0.5) is 0 Å². The first-order valence-corrected chi connectivity index (χ1v) is 23.3. The van der Waals surface area contributed by atoms with Gasteiger partial charge in [0.1, 0.15) is 11.2 Å². The van der Waals surface area contributed by atoms with Gasteiger partial charge in [0.15, 0.2) is 17.5 Å². The molecule has 0 saturated carbocycles. The highest BCUT2D eigenvalue weighted by atomic mass is 16.3. The molecule has 0 amide bonds. The van der Waals surface area contributed by atoms with E-state index in [0.717, 1.165) is 115 Å². The lowest BCUT2D eigenvalue weighted by Crippen LogP contribution is -2.04. The molecule has 0 radical (unpaired) electrons. The molecule has 15 aromatic rings. The Bertz CT molecular complexity index is 4620. The summed E-state index contributed by atoms with van der Waals surface area (Å²) in [6.45, 7) is 0. The molecule has 0 saturated heterocycles. The molecule has 0 aliphatic rings. The van der Waals surface area contributed by atoms with Crippen molar-refractivity contribution in [2.75, 3.05) is 0 Å². The summed E-state index contributed by atoms with van der Waals surface area (Å²) >= 11 is 0. The number of para-hydroxylation sites is 3. The Kier molecular flexibility index (Phi) is 7.97. The third-order valence-electron chi connectivity index (χ3n) is 14.1. The molecule has 6 nitrogen and oxygen atoms in total. The highest BCUT2D eigenvalue weighted by Gasteiger charge is 2.24. The van der Waals surface area contributed by atoms with E-state index in [-0.39, 0.29) is 0 Å². The minimum atomic E-state index is 0.564. The van der Waals surface area contributed by atoms with E-state index in [4.69, 9.17) is 19.4 Å². The van der Waals surface area contributed by atoms with Gasteiger partial charge >= 0.3 is 0 Å². The summed E-state index contributed by atoms with van der Waals surface area (Å²) in [5.74, 6) is 1.74. The van der Waals surface area contributed by atoms with Gasteiger partial charge in [-0.05, 0) is 111 Å². The Hall–Kier alpha value is -9.39. The van der Waals surface area contributed by atoms with E-state index in [1.807, 2.05) is 0 Å². The van der Waals surface area contributed by atoms with Crippen molar-refractivity contribution in [1.82, 2.24) is 24.1 Å². The van der Waals surface area contributed by atoms with Gasteiger partial charge in [-0.15, -0.1) is 0 Å². The fourth-order valence-corrected chi connectivity index (χ4v) is 10.8. The first-order chi connectivity index (χ1) is 34.2. The number of furan rings is 1. The third-order valence-corrected chi connectivity index (χ3v) is 14.1. The number of nitrogens with zero attached hydrogens (tertiary/aromatic N) is 5. The fraction of sp³-hybridized carbons (Fsp3) is 0. The molecular weight excluding hydrogens is 843 g/mol. The first-order valence-electron chi connectivity index (χ1n) is 23.3. The number of hydrogen-bond acceptors (Lipinski definition) is 4. The van der Waals surface area contributed by atoms with Crippen LogP contribution in [0.25, 0.3) is 143 Å². The van der Waals surface area contributed by atoms with Crippen LogP contribution in [-0.2, 0) is 0 Å². The molecule has 320 valence electrons. The maximum absolute atomic E-state index is 6.85. The fourth-order valence-electron chi connectivity index (χ4n) is 10.8. The highest BCUT2D eigenvalue weighted by Crippen LogP contribution is 2.43. The van der Waals surface area contributed by atoms with Crippen molar-refractivity contribution in [2.24, 2.45) is 0 Å². The van der Waals surface area contributed by atoms with Crippen molar-refractivity contribution in [1.29, 1.82) is 0 Å². The van der Waals surface area contributed by atoms with Crippen molar-refractivity contribution in [2.45, 2.75) is 0 Å². The van der Waals surface area contributed by atoms with E-state index < -0.39 is 0 Å². The van der Waals surface area contributed by atoms with Crippen LogP contribution < -0.4 is 0 Å². The molecule has 11 aromatic carbocycles. The van der Waals surface area contributed by atoms with Gasteiger partial charge in [-0.1, -0.05) is 140 Å². The van der Waals surface area contributed by atoms with Gasteiger partial charge in [0, 0.05) is 60.8 Å². The average molecular weight is 880 g/mol. The first kappa shape index (κ1) is 37.8. The van der Waals surface area contributed by atoms with Crippen LogP contribution >= 0.6 is 0 Å². The van der Waals surface area contributed by atoms with Gasteiger partial charge in [-0.2, -0.15) is 0 Å². The van der Waals surface area contributed by atoms with Crippen molar-refractivity contribution < 1.29 is 4.42 Å². The summed E-state index contributed by atoms with van der Waals surface area (Å²) in [4.78, 5) is 16.4. The van der Waals surface area contributed by atoms with Crippen molar-refractivity contribution >= 4 is 97.9 Å². The molecule has 0 fully saturated rings. The molecule has 0 aliphatic carbocycles. The second kappa shape index (κ2) is 14.6. The molecule has 0 spiro atoms. The van der Waals surface area contributed by atoms with Crippen LogP contribution in [0.1, 0.15) is 0 Å². The zero-order chi connectivity index (χ0) is 45.2. The second-order valence-electron chi connectivity index (χ2n) is 18.0. The van der Waals surface area contributed by atoms with Gasteiger partial charge in [0.2, 0.25) is 0 Å². The average Bonchev–Trinajstić information content (AvgIpc) is 4.05. The molecule has 0 bridgehead atoms. The van der Waals surface area contributed by atoms with E-state index in [9.17, 15) is 0 Å². The maximum atomic E-state index is 6.85. The number of rotatable bonds is 5. The number of fused-ring (bicyclic) bond motifs is 12. The molecule has 0 unspecified atom stereocenters. The van der Waals surface area contributed by atoms with E-state index >= 15 is 0 Å². The molecule has 4 heterocycles. The van der Waals surface area contributed by atoms with Gasteiger partial charge in [0.05, 0.1) is 27.8 Å². The molecule has 69 heavy (non-hydrogen) atoms. The Morgan fingerprint density at radius 2 is 0.783 bits per heavy atom. The standard InChI is InChI=1S/C63H37N5O/c1-2-20-46(21-3-1)67-54-24-12-10-22-47(54)49-33-45(28-29-56(49)67)62-64-61(44-27-26-38-14-4-5-15-39(38)30-44)65-63(66-62)53-36-52-51-32-41-17-7-9-19-43(41)35-59(51)69-60(52)37-58(53)68-55-25-13-11-23-48(55)50-31-40-16-6-8-18-42(40)34-57(50)68/h1-37H. The zero-order valence-electron chi connectivity index (χ0n) is 37.0. The quantitative estimate of drug-likeness (QED) is 0.173. The Morgan fingerprint density at radius 1 is 0.290 bits per heavy atom. The largest absolute Gasteiger partial charge is 0.456 e. The molecule has 4 aromatic heterocycles. The summed E-state index contributed by atoms with van der Waals surface area (Å²) < 4.78 is 11.6. The molecule has 6 heteroatoms. The summed E-state index contributed by atoms with van der Waals surface area (Å²) in [5, 5.41) is 13.6. The van der Waals surface area contributed by atoms with Crippen LogP contribution in [0, 0.1) is 0 Å². The summed E-state index contributed by atoms with van der Waals surface area (Å²) in [7, 11) is 0. The van der Waals surface area contributed by atoms with Crippen LogP contribution in [0.15, 0.2) is 229 Å². The Labute approximate surface area is 394 Å². The third kappa shape index (κ3) is 5.82. The highest BCUT2D eigenvalue weighted by molar-refractivity contribution is 6.16. The lowest BCUT2D eigenvalue weighted by Gasteiger charge is -2.15. The van der Waals surface area contributed by atoms with Gasteiger partial charge in [0.25, 0.3) is 0 Å². The van der Waals surface area contributed by atoms with E-state index in [1.165, 1.54) is 10.8 Å². The topological polar surface area (TPSA) is 61.7 Å². The minimum absolute atomic E-state index is 0.564. The molecule has 0 aliphatic heterocycles. The van der Waals surface area contributed by atoms with Crippen LogP contribution in [-0.4, -0.2) is 24.1 Å². The number of benzene rings is 11. The predicted molar refractivity (Wildman–Crippen MR) is 285 cm³/mol. The van der Waals surface area contributed by atoms with E-state index in [2.05, 4.69) is 234 Å². The predicted octanol–water partition coefficient (Wildman–Crippen LogP) is 16.4. The lowest BCUT2D eigenvalue weighted by molar-refractivity contribution is 0.669. The van der Waals surface area contributed by atoms with Crippen molar-refractivity contribution in [3.05, 3.63) is 224 Å². The smallest absolute Gasteiger partial charge is 0.166 e. The summed E-state index contributed by atoms with van der Waals surface area (Å²) in [6.07, 6.45) is 0. The van der Waals surface area contributed by atoms with Gasteiger partial charge in [-0.25, -0.2) is 15.0 Å². The monoisotopic (exact) mass is 879 g/mol. The minimum Gasteiger partial charge on any atom is -0.456 e. The second-order valence-corrected chi connectivity index (χ2v) is 18.0. The van der Waals surface area contributed by atoms with Crippen LogP contribution in [0.3, 0.4) is 0 Å². The molecule has 15 rings (SSSR count). The van der Waals surface area contributed by atoms with Gasteiger partial charge in [-0.3, -0.25) is 0 Å². The summed E-state index contributed by atoms with van der Waals surface area (Å²) in [6, 6.07) is 79.8. The van der Waals surface area contributed by atoms with E-state index in [1.54, 1.807) is 0 Å². The Balaban J connectivity index is 1.05. The maximum Gasteiger partial charge on any atom is 0.166 e. The number of hydrogen-bond donors (Lipinski definition) is 0. The van der Waals surface area contributed by atoms with Crippen LogP contribution in [0.2, 0.25) is 0 Å². The molecule has 0 N–H and O–H groups in total. The molecular formula is C63H37N5O. The summed E-state index contributed by atoms with van der Waals surface area (Å²) in [5.41, 5.74) is 10.7. The Morgan fingerprint density at radius 3 is 1.51 bits per heavy atom. The van der Waals surface area contributed by atoms with Crippen LogP contribution in [0.5, 0.6) is 0 Å². The normalized spacial score (nSPS) is 12.1. The van der Waals surface area contributed by atoms with E-state index in [0.29, 0.717) is 17.5 Å². The van der Waals surface area contributed by atoms with Crippen molar-refractivity contribution in [3.63, 3.8) is 0 Å². The SMILES string of the molecule is c1ccc(-n2c3ccccc3c3cc(-c4nc(-c5ccc6ccccc6c5)nc(-c5cc6c(cc5-n5c7ccccc7c7cc8ccccc8cc75)oc5cc7ccccc7cc56)n4)ccc32)cc1. The zero-order valence-corrected chi connectivity index (χ0v) is 37.0. The lowest BCUT2D eigenvalue weighted by atomic mass is 10.0. The number of aromatic nitrogens is 5. The molecule has 0 atom stereocenters.